The fraction of sp³-hybridized carbons (Fsp3) is 0.441. The Morgan fingerprint density at radius 2 is 1.96 bits per heavy atom. The average molecular weight is 616 g/mol. The van der Waals surface area contributed by atoms with E-state index in [1.54, 1.807) is 0 Å². The molecule has 5 heterocycles. The summed E-state index contributed by atoms with van der Waals surface area (Å²) in [6.07, 6.45) is 10.7. The van der Waals surface area contributed by atoms with Gasteiger partial charge in [0.2, 0.25) is 5.88 Å². The molecule has 8 nitrogen and oxygen atoms in total. The number of phenols is 1. The maximum absolute atomic E-state index is 16.9. The first-order chi connectivity index (χ1) is 21.8. The zero-order chi connectivity index (χ0) is 30.9. The standard InChI is InChI=1S/C34H32F3N5O3/c1-2-23-25(36)9-8-19-14-22(43)15-24(26(19)23)29-28(37)30-27-31(42(21-6-3-7-21)12-5-13-44-32(27)38-29)40-33(39-30)45-18-34-10-4-11-41(34)17-20(35)16-34/h1,8-9,14-15,20-21,43H,3-7,10-13,16-18H2/t20-,34+/m1/s1. The number of rotatable bonds is 5. The first-order valence-corrected chi connectivity index (χ1v) is 15.6. The molecule has 0 bridgehead atoms. The number of benzene rings is 2. The van der Waals surface area contributed by atoms with E-state index < -0.39 is 23.3 Å². The SMILES string of the molecule is C#Cc1c(F)ccc2cc(O)cc(-c3nc4c5c(nc(OC[C@@]67CCCN6C[C@H](F)C7)nc5c3F)N(C3CCC3)CCCO4)c12. The first kappa shape index (κ1) is 28.2. The molecule has 45 heavy (non-hydrogen) atoms. The van der Waals surface area contributed by atoms with Crippen LogP contribution < -0.4 is 14.4 Å². The third-order valence-corrected chi connectivity index (χ3v) is 9.96. The van der Waals surface area contributed by atoms with Gasteiger partial charge >= 0.3 is 6.01 Å². The number of halogens is 3. The van der Waals surface area contributed by atoms with E-state index in [9.17, 15) is 13.9 Å². The highest BCUT2D eigenvalue weighted by atomic mass is 19.1. The molecule has 4 aliphatic rings. The lowest BCUT2D eigenvalue weighted by atomic mass is 9.91. The molecule has 3 aliphatic heterocycles. The van der Waals surface area contributed by atoms with Crippen molar-refractivity contribution in [2.24, 2.45) is 0 Å². The second kappa shape index (κ2) is 10.7. The molecule has 4 aromatic rings. The first-order valence-electron chi connectivity index (χ1n) is 15.6. The molecule has 1 aliphatic carbocycles. The number of aromatic hydroxyl groups is 1. The number of ether oxygens (including phenoxy) is 2. The summed E-state index contributed by atoms with van der Waals surface area (Å²) in [6.45, 7) is 2.37. The molecule has 0 amide bonds. The van der Waals surface area contributed by atoms with Crippen molar-refractivity contribution in [3.63, 3.8) is 0 Å². The van der Waals surface area contributed by atoms with Gasteiger partial charge in [0.15, 0.2) is 5.82 Å². The molecule has 232 valence electrons. The highest BCUT2D eigenvalue weighted by Gasteiger charge is 2.49. The monoisotopic (exact) mass is 615 g/mol. The molecular weight excluding hydrogens is 583 g/mol. The predicted octanol–water partition coefficient (Wildman–Crippen LogP) is 5.91. The topological polar surface area (TPSA) is 83.8 Å². The third kappa shape index (κ3) is 4.52. The van der Waals surface area contributed by atoms with Gasteiger partial charge in [-0.3, -0.25) is 4.90 Å². The van der Waals surface area contributed by atoms with Gasteiger partial charge in [-0.25, -0.2) is 18.2 Å². The summed E-state index contributed by atoms with van der Waals surface area (Å²) >= 11 is 0. The Bertz CT molecular complexity index is 1890. The summed E-state index contributed by atoms with van der Waals surface area (Å²) in [5.74, 6) is 1.38. The van der Waals surface area contributed by atoms with Gasteiger partial charge in [-0.1, -0.05) is 12.0 Å². The molecule has 0 radical (unpaired) electrons. The lowest BCUT2D eigenvalue weighted by Gasteiger charge is -2.39. The minimum Gasteiger partial charge on any atom is -0.508 e. The molecular formula is C34H32F3N5O3. The van der Waals surface area contributed by atoms with E-state index in [2.05, 4.69) is 25.7 Å². The van der Waals surface area contributed by atoms with Crippen LogP contribution in [-0.4, -0.2) is 75.6 Å². The van der Waals surface area contributed by atoms with E-state index in [1.807, 2.05) is 0 Å². The number of alkyl halides is 1. The van der Waals surface area contributed by atoms with Gasteiger partial charge in [0.25, 0.3) is 0 Å². The van der Waals surface area contributed by atoms with Gasteiger partial charge in [0.05, 0.1) is 17.7 Å². The van der Waals surface area contributed by atoms with E-state index in [0.717, 1.165) is 38.6 Å². The molecule has 2 atom stereocenters. The Kier molecular flexibility index (Phi) is 6.68. The fourth-order valence-corrected chi connectivity index (χ4v) is 7.62. The van der Waals surface area contributed by atoms with E-state index in [4.69, 9.17) is 20.9 Å². The van der Waals surface area contributed by atoms with Crippen molar-refractivity contribution >= 4 is 27.5 Å². The Balaban J connectivity index is 1.34. The zero-order valence-electron chi connectivity index (χ0n) is 24.7. The van der Waals surface area contributed by atoms with Crippen molar-refractivity contribution in [1.82, 2.24) is 19.9 Å². The Morgan fingerprint density at radius 3 is 2.76 bits per heavy atom. The van der Waals surface area contributed by atoms with Gasteiger partial charge in [0.1, 0.15) is 46.8 Å². The van der Waals surface area contributed by atoms with E-state index in [0.29, 0.717) is 49.1 Å². The number of phenolic OH excluding ortho intramolecular Hbond substituents is 1. The van der Waals surface area contributed by atoms with Crippen LogP contribution in [0.5, 0.6) is 17.6 Å². The maximum Gasteiger partial charge on any atom is 0.319 e. The smallest absolute Gasteiger partial charge is 0.319 e. The molecule has 2 aromatic carbocycles. The molecule has 1 N–H and O–H groups in total. The molecule has 1 saturated carbocycles. The summed E-state index contributed by atoms with van der Waals surface area (Å²) in [6, 6.07) is 5.66. The van der Waals surface area contributed by atoms with Crippen LogP contribution >= 0.6 is 0 Å². The number of anilines is 1. The van der Waals surface area contributed by atoms with Crippen LogP contribution in [0.1, 0.15) is 50.5 Å². The maximum atomic E-state index is 16.9. The number of hydrogen-bond acceptors (Lipinski definition) is 8. The Hall–Kier alpha value is -4.30. The highest BCUT2D eigenvalue weighted by molar-refractivity contribution is 6.04. The van der Waals surface area contributed by atoms with Crippen LogP contribution in [0.25, 0.3) is 32.9 Å². The second-order valence-corrected chi connectivity index (χ2v) is 12.6. The molecule has 8 rings (SSSR count). The fourth-order valence-electron chi connectivity index (χ4n) is 7.62. The quantitative estimate of drug-likeness (QED) is 0.278. The third-order valence-electron chi connectivity index (χ3n) is 9.96. The van der Waals surface area contributed by atoms with Crippen LogP contribution in [0.15, 0.2) is 24.3 Å². The summed E-state index contributed by atoms with van der Waals surface area (Å²) in [5.41, 5.74) is -0.657. The van der Waals surface area contributed by atoms with Crippen molar-refractivity contribution in [3.05, 3.63) is 41.5 Å². The van der Waals surface area contributed by atoms with E-state index in [1.165, 1.54) is 24.3 Å². The molecule has 11 heteroatoms. The average Bonchev–Trinajstić information content (AvgIpc) is 3.52. The number of fused-ring (bicyclic) bond motifs is 2. The molecule has 0 spiro atoms. The Labute approximate surface area is 258 Å². The lowest BCUT2D eigenvalue weighted by molar-refractivity contribution is 0.107. The molecule has 3 fully saturated rings. The second-order valence-electron chi connectivity index (χ2n) is 12.6. The molecule has 2 saturated heterocycles. The van der Waals surface area contributed by atoms with E-state index in [-0.39, 0.29) is 58.0 Å². The largest absolute Gasteiger partial charge is 0.508 e. The van der Waals surface area contributed by atoms with Crippen LogP contribution in [-0.2, 0) is 0 Å². The van der Waals surface area contributed by atoms with E-state index >= 15 is 4.39 Å². The van der Waals surface area contributed by atoms with Crippen molar-refractivity contribution in [1.29, 1.82) is 0 Å². The van der Waals surface area contributed by atoms with Gasteiger partial charge in [-0.15, -0.1) is 6.42 Å². The number of terminal acetylenes is 1. The summed E-state index contributed by atoms with van der Waals surface area (Å²) in [5, 5.41) is 11.6. The summed E-state index contributed by atoms with van der Waals surface area (Å²) in [7, 11) is 0. The highest BCUT2D eigenvalue weighted by Crippen LogP contribution is 2.45. The summed E-state index contributed by atoms with van der Waals surface area (Å²) in [4.78, 5) is 18.4. The zero-order valence-corrected chi connectivity index (χ0v) is 24.7. The minimum atomic E-state index is -0.922. The number of pyridine rings is 1. The van der Waals surface area contributed by atoms with Gasteiger partial charge in [0, 0.05) is 36.5 Å². The molecule has 0 unspecified atom stereocenters. The van der Waals surface area contributed by atoms with Gasteiger partial charge in [-0.05, 0) is 68.7 Å². The molecule has 2 aromatic heterocycles. The number of nitrogens with zero attached hydrogens (tertiary/aromatic N) is 5. The summed E-state index contributed by atoms with van der Waals surface area (Å²) < 4.78 is 58.7. The predicted molar refractivity (Wildman–Crippen MR) is 163 cm³/mol. The minimum absolute atomic E-state index is 0.0101. The lowest BCUT2D eigenvalue weighted by Crippen LogP contribution is -2.44. The normalized spacial score (nSPS) is 23.3. The van der Waals surface area contributed by atoms with Crippen LogP contribution in [0.3, 0.4) is 0 Å². The van der Waals surface area contributed by atoms with Gasteiger partial charge < -0.3 is 19.5 Å². The van der Waals surface area contributed by atoms with Crippen LogP contribution in [0.4, 0.5) is 19.0 Å². The number of aromatic nitrogens is 3. The van der Waals surface area contributed by atoms with Crippen molar-refractivity contribution in [3.8, 4) is 41.2 Å². The van der Waals surface area contributed by atoms with Crippen molar-refractivity contribution in [2.75, 3.05) is 37.7 Å². The van der Waals surface area contributed by atoms with Gasteiger partial charge in [-0.2, -0.15) is 9.97 Å². The van der Waals surface area contributed by atoms with Crippen molar-refractivity contribution < 1.29 is 27.8 Å². The van der Waals surface area contributed by atoms with Crippen LogP contribution in [0, 0.1) is 24.0 Å². The van der Waals surface area contributed by atoms with Crippen LogP contribution in [0.2, 0.25) is 0 Å². The Morgan fingerprint density at radius 1 is 1.09 bits per heavy atom. The number of hydrogen-bond donors (Lipinski definition) is 1. The van der Waals surface area contributed by atoms with Crippen molar-refractivity contribution in [2.45, 2.75) is 62.7 Å².